The summed E-state index contributed by atoms with van der Waals surface area (Å²) < 4.78 is 5.28. The summed E-state index contributed by atoms with van der Waals surface area (Å²) in [5.41, 5.74) is 0. The zero-order valence-electron chi connectivity index (χ0n) is 11.2. The van der Waals surface area contributed by atoms with Crippen molar-refractivity contribution >= 4 is 5.91 Å². The number of nitrogens with one attached hydrogen (secondary N) is 2. The zero-order valence-corrected chi connectivity index (χ0v) is 11.2. The molecule has 0 aliphatic rings. The molecule has 1 amide bonds. The summed E-state index contributed by atoms with van der Waals surface area (Å²) in [5.74, 6) is 0.0534. The largest absolute Gasteiger partial charge is 0.380 e. The van der Waals surface area contributed by atoms with Gasteiger partial charge in [0.1, 0.15) is 0 Å². The molecule has 0 fully saturated rings. The highest BCUT2D eigenvalue weighted by Crippen LogP contribution is 1.93. The van der Waals surface area contributed by atoms with Crippen molar-refractivity contribution < 1.29 is 9.53 Å². The summed E-state index contributed by atoms with van der Waals surface area (Å²) in [6.45, 7) is 11.3. The maximum absolute atomic E-state index is 11.7. The van der Waals surface area contributed by atoms with Gasteiger partial charge in [-0.25, -0.2) is 0 Å². The lowest BCUT2D eigenvalue weighted by atomic mass is 10.2. The summed E-state index contributed by atoms with van der Waals surface area (Å²) in [5, 5.41) is 6.16. The van der Waals surface area contributed by atoms with E-state index in [1.807, 2.05) is 27.7 Å². The molecule has 0 aliphatic carbocycles. The van der Waals surface area contributed by atoms with Crippen molar-refractivity contribution in [2.24, 2.45) is 0 Å². The standard InChI is InChI=1S/C12H26N2O2/c1-6-9(3)14-12(15)11(5)13-10(4)8-16-7-2/h9-11,13H,6-8H2,1-5H3,(H,14,15). The summed E-state index contributed by atoms with van der Waals surface area (Å²) >= 11 is 0. The molecule has 4 heteroatoms. The molecule has 0 saturated heterocycles. The van der Waals surface area contributed by atoms with Crippen LogP contribution in [-0.4, -0.2) is 37.2 Å². The van der Waals surface area contributed by atoms with E-state index in [9.17, 15) is 4.79 Å². The minimum absolute atomic E-state index is 0.0534. The molecule has 0 radical (unpaired) electrons. The van der Waals surface area contributed by atoms with Crippen LogP contribution >= 0.6 is 0 Å². The van der Waals surface area contributed by atoms with Crippen molar-refractivity contribution in [3.8, 4) is 0 Å². The third-order valence-corrected chi connectivity index (χ3v) is 2.50. The van der Waals surface area contributed by atoms with Crippen molar-refractivity contribution in [1.29, 1.82) is 0 Å². The highest BCUT2D eigenvalue weighted by Gasteiger charge is 2.16. The van der Waals surface area contributed by atoms with Gasteiger partial charge in [0.05, 0.1) is 12.6 Å². The van der Waals surface area contributed by atoms with Gasteiger partial charge in [-0.15, -0.1) is 0 Å². The molecule has 0 aliphatic heterocycles. The van der Waals surface area contributed by atoms with E-state index in [0.29, 0.717) is 13.2 Å². The van der Waals surface area contributed by atoms with Gasteiger partial charge in [0, 0.05) is 18.7 Å². The summed E-state index contributed by atoms with van der Waals surface area (Å²) in [4.78, 5) is 11.7. The molecular weight excluding hydrogens is 204 g/mol. The summed E-state index contributed by atoms with van der Waals surface area (Å²) in [6.07, 6.45) is 0.951. The number of rotatable bonds is 8. The van der Waals surface area contributed by atoms with Crippen LogP contribution in [0.5, 0.6) is 0 Å². The molecule has 4 nitrogen and oxygen atoms in total. The minimum Gasteiger partial charge on any atom is -0.380 e. The number of ether oxygens (including phenoxy) is 1. The molecule has 0 heterocycles. The summed E-state index contributed by atoms with van der Waals surface area (Å²) in [7, 11) is 0. The number of amides is 1. The normalized spacial score (nSPS) is 16.6. The predicted octanol–water partition coefficient (Wildman–Crippen LogP) is 1.30. The Morgan fingerprint density at radius 2 is 1.81 bits per heavy atom. The van der Waals surface area contributed by atoms with Crippen LogP contribution in [0.25, 0.3) is 0 Å². The van der Waals surface area contributed by atoms with E-state index in [-0.39, 0.29) is 24.0 Å². The first kappa shape index (κ1) is 15.4. The van der Waals surface area contributed by atoms with E-state index in [4.69, 9.17) is 4.74 Å². The van der Waals surface area contributed by atoms with Crippen LogP contribution in [0.1, 0.15) is 41.0 Å². The van der Waals surface area contributed by atoms with Crippen LogP contribution in [0, 0.1) is 0 Å². The lowest BCUT2D eigenvalue weighted by Gasteiger charge is -2.21. The van der Waals surface area contributed by atoms with Crippen molar-refractivity contribution in [3.05, 3.63) is 0 Å². The fourth-order valence-electron chi connectivity index (χ4n) is 1.32. The van der Waals surface area contributed by atoms with Gasteiger partial charge < -0.3 is 15.4 Å². The first-order valence-corrected chi connectivity index (χ1v) is 6.15. The smallest absolute Gasteiger partial charge is 0.237 e. The molecule has 0 rings (SSSR count). The molecule has 3 atom stereocenters. The Morgan fingerprint density at radius 3 is 2.31 bits per heavy atom. The van der Waals surface area contributed by atoms with Gasteiger partial charge in [-0.05, 0) is 34.1 Å². The monoisotopic (exact) mass is 230 g/mol. The summed E-state index contributed by atoms with van der Waals surface area (Å²) in [6, 6.07) is 0.251. The number of hydrogen-bond donors (Lipinski definition) is 2. The molecule has 0 bridgehead atoms. The first-order chi connectivity index (χ1) is 7.51. The second kappa shape index (κ2) is 8.53. The fourth-order valence-corrected chi connectivity index (χ4v) is 1.32. The van der Waals surface area contributed by atoms with Gasteiger partial charge in [-0.1, -0.05) is 6.92 Å². The predicted molar refractivity (Wildman–Crippen MR) is 66.4 cm³/mol. The highest BCUT2D eigenvalue weighted by molar-refractivity contribution is 5.81. The van der Waals surface area contributed by atoms with E-state index in [1.165, 1.54) is 0 Å². The molecule has 16 heavy (non-hydrogen) atoms. The van der Waals surface area contributed by atoms with Gasteiger partial charge >= 0.3 is 0 Å². The van der Waals surface area contributed by atoms with Crippen LogP contribution in [0.15, 0.2) is 0 Å². The Morgan fingerprint density at radius 1 is 1.19 bits per heavy atom. The Kier molecular flexibility index (Phi) is 8.21. The molecule has 0 aromatic rings. The quantitative estimate of drug-likeness (QED) is 0.661. The Balaban J connectivity index is 3.85. The number of carbonyl (C=O) groups excluding carboxylic acids is 1. The third-order valence-electron chi connectivity index (χ3n) is 2.50. The van der Waals surface area contributed by atoms with Crippen LogP contribution in [0.2, 0.25) is 0 Å². The Bertz CT molecular complexity index is 197. The number of hydrogen-bond acceptors (Lipinski definition) is 3. The molecular formula is C12H26N2O2. The average molecular weight is 230 g/mol. The number of carbonyl (C=O) groups is 1. The van der Waals surface area contributed by atoms with Crippen molar-refractivity contribution in [3.63, 3.8) is 0 Å². The molecule has 0 spiro atoms. The first-order valence-electron chi connectivity index (χ1n) is 6.15. The fraction of sp³-hybridized carbons (Fsp3) is 0.917. The molecule has 0 aromatic heterocycles. The van der Waals surface area contributed by atoms with Gasteiger partial charge in [-0.2, -0.15) is 0 Å². The van der Waals surface area contributed by atoms with Crippen molar-refractivity contribution in [2.45, 2.75) is 59.2 Å². The van der Waals surface area contributed by atoms with Gasteiger partial charge in [0.2, 0.25) is 5.91 Å². The Hall–Kier alpha value is -0.610. The zero-order chi connectivity index (χ0) is 12.6. The maximum atomic E-state index is 11.7. The lowest BCUT2D eigenvalue weighted by Crippen LogP contribution is -2.49. The van der Waals surface area contributed by atoms with E-state index in [1.54, 1.807) is 0 Å². The van der Waals surface area contributed by atoms with E-state index >= 15 is 0 Å². The van der Waals surface area contributed by atoms with Crippen LogP contribution in [0.3, 0.4) is 0 Å². The Labute approximate surface area is 99.1 Å². The molecule has 3 unspecified atom stereocenters. The molecule has 0 saturated carbocycles. The van der Waals surface area contributed by atoms with Crippen LogP contribution < -0.4 is 10.6 Å². The maximum Gasteiger partial charge on any atom is 0.237 e. The third kappa shape index (κ3) is 6.80. The second-order valence-corrected chi connectivity index (χ2v) is 4.27. The highest BCUT2D eigenvalue weighted by atomic mass is 16.5. The van der Waals surface area contributed by atoms with Gasteiger partial charge in [-0.3, -0.25) is 4.79 Å². The topological polar surface area (TPSA) is 50.4 Å². The van der Waals surface area contributed by atoms with E-state index < -0.39 is 0 Å². The van der Waals surface area contributed by atoms with Crippen molar-refractivity contribution in [1.82, 2.24) is 10.6 Å². The van der Waals surface area contributed by atoms with Crippen LogP contribution in [-0.2, 0) is 9.53 Å². The molecule has 2 N–H and O–H groups in total. The molecule has 0 aromatic carbocycles. The average Bonchev–Trinajstić information content (AvgIpc) is 2.25. The van der Waals surface area contributed by atoms with E-state index in [2.05, 4.69) is 17.6 Å². The van der Waals surface area contributed by atoms with Crippen molar-refractivity contribution in [2.75, 3.05) is 13.2 Å². The van der Waals surface area contributed by atoms with Gasteiger partial charge in [0.15, 0.2) is 0 Å². The molecule has 96 valence electrons. The van der Waals surface area contributed by atoms with Gasteiger partial charge in [0.25, 0.3) is 0 Å². The van der Waals surface area contributed by atoms with E-state index in [0.717, 1.165) is 6.42 Å². The van der Waals surface area contributed by atoms with Crippen LogP contribution in [0.4, 0.5) is 0 Å². The minimum atomic E-state index is -0.176. The second-order valence-electron chi connectivity index (χ2n) is 4.27. The lowest BCUT2D eigenvalue weighted by molar-refractivity contribution is -0.123. The SMILES string of the molecule is CCOCC(C)NC(C)C(=O)NC(C)CC.